The SMILES string of the molecule is COc1ccc(CN[C@@H](C)c2ccccc2)c(F)c1. The highest BCUT2D eigenvalue weighted by molar-refractivity contribution is 5.29. The van der Waals surface area contributed by atoms with Crippen molar-refractivity contribution in [3.05, 3.63) is 65.5 Å². The minimum absolute atomic E-state index is 0.183. The Hall–Kier alpha value is -1.87. The summed E-state index contributed by atoms with van der Waals surface area (Å²) < 4.78 is 18.8. The maximum absolute atomic E-state index is 13.8. The lowest BCUT2D eigenvalue weighted by Gasteiger charge is -2.14. The van der Waals surface area contributed by atoms with Gasteiger partial charge in [0, 0.05) is 24.2 Å². The largest absolute Gasteiger partial charge is 0.497 e. The molecule has 1 atom stereocenters. The number of methoxy groups -OCH3 is 1. The minimum Gasteiger partial charge on any atom is -0.497 e. The molecule has 2 aromatic carbocycles. The lowest BCUT2D eigenvalue weighted by molar-refractivity contribution is 0.410. The van der Waals surface area contributed by atoms with E-state index in [1.807, 2.05) is 18.2 Å². The van der Waals surface area contributed by atoms with E-state index >= 15 is 0 Å². The van der Waals surface area contributed by atoms with E-state index in [4.69, 9.17) is 4.74 Å². The van der Waals surface area contributed by atoms with Gasteiger partial charge in [0.15, 0.2) is 0 Å². The zero-order valence-electron chi connectivity index (χ0n) is 11.2. The first-order chi connectivity index (χ1) is 9.20. The van der Waals surface area contributed by atoms with Gasteiger partial charge in [0.1, 0.15) is 11.6 Å². The van der Waals surface area contributed by atoms with Gasteiger partial charge in [-0.05, 0) is 18.6 Å². The van der Waals surface area contributed by atoms with E-state index in [0.29, 0.717) is 17.9 Å². The maximum atomic E-state index is 13.8. The molecular formula is C16H18FNO. The monoisotopic (exact) mass is 259 g/mol. The molecule has 3 heteroatoms. The van der Waals surface area contributed by atoms with Gasteiger partial charge in [-0.25, -0.2) is 4.39 Å². The van der Waals surface area contributed by atoms with Gasteiger partial charge in [0.25, 0.3) is 0 Å². The lowest BCUT2D eigenvalue weighted by atomic mass is 10.1. The van der Waals surface area contributed by atoms with Crippen molar-refractivity contribution in [1.29, 1.82) is 0 Å². The Morgan fingerprint density at radius 1 is 1.16 bits per heavy atom. The van der Waals surface area contributed by atoms with E-state index in [-0.39, 0.29) is 11.9 Å². The number of ether oxygens (including phenoxy) is 1. The van der Waals surface area contributed by atoms with E-state index < -0.39 is 0 Å². The van der Waals surface area contributed by atoms with Crippen LogP contribution in [-0.2, 0) is 6.54 Å². The van der Waals surface area contributed by atoms with E-state index in [1.54, 1.807) is 12.1 Å². The number of benzene rings is 2. The molecule has 0 bridgehead atoms. The molecule has 0 saturated carbocycles. The zero-order chi connectivity index (χ0) is 13.7. The van der Waals surface area contributed by atoms with Crippen LogP contribution in [0.15, 0.2) is 48.5 Å². The predicted octanol–water partition coefficient (Wildman–Crippen LogP) is 3.69. The van der Waals surface area contributed by atoms with Crippen molar-refractivity contribution in [3.63, 3.8) is 0 Å². The Balaban J connectivity index is 1.99. The molecule has 0 heterocycles. The van der Waals surface area contributed by atoms with Crippen molar-refractivity contribution in [3.8, 4) is 5.75 Å². The highest BCUT2D eigenvalue weighted by Gasteiger charge is 2.07. The van der Waals surface area contributed by atoms with Crippen molar-refractivity contribution in [2.24, 2.45) is 0 Å². The summed E-state index contributed by atoms with van der Waals surface area (Å²) in [6.45, 7) is 2.56. The molecule has 0 spiro atoms. The van der Waals surface area contributed by atoms with Crippen LogP contribution in [0.25, 0.3) is 0 Å². The van der Waals surface area contributed by atoms with Gasteiger partial charge in [0.05, 0.1) is 7.11 Å². The number of nitrogens with one attached hydrogen (secondary N) is 1. The van der Waals surface area contributed by atoms with E-state index in [1.165, 1.54) is 18.7 Å². The van der Waals surface area contributed by atoms with Crippen LogP contribution < -0.4 is 10.1 Å². The molecule has 0 saturated heterocycles. The first-order valence-corrected chi connectivity index (χ1v) is 6.31. The van der Waals surface area contributed by atoms with Crippen molar-refractivity contribution in [2.75, 3.05) is 7.11 Å². The fourth-order valence-electron chi connectivity index (χ4n) is 1.92. The third-order valence-corrected chi connectivity index (χ3v) is 3.16. The Bertz CT molecular complexity index is 528. The van der Waals surface area contributed by atoms with Crippen LogP contribution >= 0.6 is 0 Å². The fourth-order valence-corrected chi connectivity index (χ4v) is 1.92. The average molecular weight is 259 g/mol. The van der Waals surface area contributed by atoms with Crippen molar-refractivity contribution in [1.82, 2.24) is 5.32 Å². The molecule has 2 aromatic rings. The second-order valence-electron chi connectivity index (χ2n) is 4.47. The molecule has 100 valence electrons. The van der Waals surface area contributed by atoms with Crippen LogP contribution in [0.4, 0.5) is 4.39 Å². The molecule has 0 unspecified atom stereocenters. The first kappa shape index (κ1) is 13.6. The van der Waals surface area contributed by atoms with Gasteiger partial charge in [0.2, 0.25) is 0 Å². The molecule has 19 heavy (non-hydrogen) atoms. The van der Waals surface area contributed by atoms with Gasteiger partial charge < -0.3 is 10.1 Å². The molecule has 0 aliphatic carbocycles. The van der Waals surface area contributed by atoms with Crippen LogP contribution in [0.2, 0.25) is 0 Å². The minimum atomic E-state index is -0.243. The smallest absolute Gasteiger partial charge is 0.131 e. The molecule has 2 nitrogen and oxygen atoms in total. The summed E-state index contributed by atoms with van der Waals surface area (Å²) in [4.78, 5) is 0. The topological polar surface area (TPSA) is 21.3 Å². The number of hydrogen-bond acceptors (Lipinski definition) is 2. The quantitative estimate of drug-likeness (QED) is 0.884. The first-order valence-electron chi connectivity index (χ1n) is 6.31. The van der Waals surface area contributed by atoms with Gasteiger partial charge in [-0.1, -0.05) is 36.4 Å². The normalized spacial score (nSPS) is 12.2. The number of halogens is 1. The standard InChI is InChI=1S/C16H18FNO/c1-12(13-6-4-3-5-7-13)18-11-14-8-9-15(19-2)10-16(14)17/h3-10,12,18H,11H2,1-2H3/t12-/m0/s1. The van der Waals surface area contributed by atoms with E-state index in [9.17, 15) is 4.39 Å². The summed E-state index contributed by atoms with van der Waals surface area (Å²) in [5.41, 5.74) is 1.83. The second kappa shape index (κ2) is 6.34. The van der Waals surface area contributed by atoms with E-state index in [0.717, 1.165) is 0 Å². The maximum Gasteiger partial charge on any atom is 0.131 e. The van der Waals surface area contributed by atoms with Crippen LogP contribution in [-0.4, -0.2) is 7.11 Å². The van der Waals surface area contributed by atoms with Crippen molar-refractivity contribution in [2.45, 2.75) is 19.5 Å². The Morgan fingerprint density at radius 2 is 1.89 bits per heavy atom. The van der Waals surface area contributed by atoms with Gasteiger partial charge in [-0.2, -0.15) is 0 Å². The Kier molecular flexibility index (Phi) is 4.53. The summed E-state index contributed by atoms with van der Waals surface area (Å²) in [6.07, 6.45) is 0. The average Bonchev–Trinajstić information content (AvgIpc) is 2.46. The second-order valence-corrected chi connectivity index (χ2v) is 4.47. The number of rotatable bonds is 5. The molecule has 0 radical (unpaired) electrons. The molecule has 2 rings (SSSR count). The summed E-state index contributed by atoms with van der Waals surface area (Å²) >= 11 is 0. The summed E-state index contributed by atoms with van der Waals surface area (Å²) in [5.74, 6) is 0.296. The van der Waals surface area contributed by atoms with Crippen LogP contribution in [0.5, 0.6) is 5.75 Å². The third kappa shape index (κ3) is 3.55. The molecule has 0 fully saturated rings. The summed E-state index contributed by atoms with van der Waals surface area (Å²) in [7, 11) is 1.53. The molecule has 0 aliphatic heterocycles. The third-order valence-electron chi connectivity index (χ3n) is 3.16. The van der Waals surface area contributed by atoms with Gasteiger partial charge in [-0.15, -0.1) is 0 Å². The highest BCUT2D eigenvalue weighted by atomic mass is 19.1. The van der Waals surface area contributed by atoms with Gasteiger partial charge >= 0.3 is 0 Å². The Labute approximate surface area is 113 Å². The van der Waals surface area contributed by atoms with Crippen molar-refractivity contribution >= 4 is 0 Å². The predicted molar refractivity (Wildman–Crippen MR) is 74.6 cm³/mol. The zero-order valence-corrected chi connectivity index (χ0v) is 11.2. The summed E-state index contributed by atoms with van der Waals surface area (Å²) in [6, 6.07) is 15.2. The van der Waals surface area contributed by atoms with Crippen LogP contribution in [0.1, 0.15) is 24.1 Å². The summed E-state index contributed by atoms with van der Waals surface area (Å²) in [5, 5.41) is 3.31. The molecular weight excluding hydrogens is 241 g/mol. The van der Waals surface area contributed by atoms with E-state index in [2.05, 4.69) is 24.4 Å². The van der Waals surface area contributed by atoms with Crippen LogP contribution in [0.3, 0.4) is 0 Å². The Morgan fingerprint density at radius 3 is 2.53 bits per heavy atom. The molecule has 1 N–H and O–H groups in total. The fraction of sp³-hybridized carbons (Fsp3) is 0.250. The highest BCUT2D eigenvalue weighted by Crippen LogP contribution is 2.17. The lowest BCUT2D eigenvalue weighted by Crippen LogP contribution is -2.18. The molecule has 0 aromatic heterocycles. The van der Waals surface area contributed by atoms with Crippen LogP contribution in [0, 0.1) is 5.82 Å². The molecule has 0 aliphatic rings. The number of hydrogen-bond donors (Lipinski definition) is 1. The molecule has 0 amide bonds. The van der Waals surface area contributed by atoms with Gasteiger partial charge in [-0.3, -0.25) is 0 Å². The van der Waals surface area contributed by atoms with Crippen molar-refractivity contribution < 1.29 is 9.13 Å².